The molecule has 0 aliphatic carbocycles. The Balaban J connectivity index is 0.00000272. The van der Waals surface area contributed by atoms with Crippen LogP contribution in [-0.2, 0) is 16.1 Å². The number of halogens is 1. The number of carbonyl (C=O) groups is 1. The number of rotatable bonds is 6. The zero-order chi connectivity index (χ0) is 20.8. The summed E-state index contributed by atoms with van der Waals surface area (Å²) in [5.74, 6) is -0.518. The van der Waals surface area contributed by atoms with Gasteiger partial charge in [0.2, 0.25) is 0 Å². The van der Waals surface area contributed by atoms with Gasteiger partial charge in [-0.25, -0.2) is 0 Å². The van der Waals surface area contributed by atoms with Crippen LogP contribution in [0.2, 0.25) is 0 Å². The molecule has 31 heavy (non-hydrogen) atoms. The number of benzene rings is 3. The number of piperidine rings is 1. The van der Waals surface area contributed by atoms with Gasteiger partial charge in [0.15, 0.2) is 0 Å². The van der Waals surface area contributed by atoms with Gasteiger partial charge in [0.1, 0.15) is 18.6 Å². The van der Waals surface area contributed by atoms with Crippen LogP contribution in [0.4, 0.5) is 0 Å². The Morgan fingerprint density at radius 3 is 1.77 bits per heavy atom. The van der Waals surface area contributed by atoms with Crippen LogP contribution < -0.4 is 17.0 Å². The Morgan fingerprint density at radius 1 is 0.839 bits per heavy atom. The third-order valence-electron chi connectivity index (χ3n) is 6.17. The summed E-state index contributed by atoms with van der Waals surface area (Å²) in [7, 11) is 2.31. The first kappa shape index (κ1) is 23.2. The molecule has 4 rings (SSSR count). The van der Waals surface area contributed by atoms with Gasteiger partial charge in [-0.05, 0) is 11.1 Å². The zero-order valence-corrected chi connectivity index (χ0v) is 19.6. The molecule has 3 nitrogen and oxygen atoms in total. The van der Waals surface area contributed by atoms with Crippen molar-refractivity contribution in [3.8, 4) is 0 Å². The van der Waals surface area contributed by atoms with Crippen molar-refractivity contribution in [1.82, 2.24) is 0 Å². The third kappa shape index (κ3) is 6.05. The van der Waals surface area contributed by atoms with Crippen LogP contribution in [0, 0.1) is 0 Å². The van der Waals surface area contributed by atoms with E-state index in [-0.39, 0.29) is 35.0 Å². The molecule has 4 heteroatoms. The molecule has 3 aromatic rings. The first-order chi connectivity index (χ1) is 14.6. The van der Waals surface area contributed by atoms with Crippen LogP contribution in [0.1, 0.15) is 35.4 Å². The summed E-state index contributed by atoms with van der Waals surface area (Å²) in [6, 6.07) is 30.5. The lowest BCUT2D eigenvalue weighted by molar-refractivity contribution is -0.927. The number of esters is 1. The van der Waals surface area contributed by atoms with E-state index in [4.69, 9.17) is 4.74 Å². The minimum atomic E-state index is -0.375. The van der Waals surface area contributed by atoms with Crippen molar-refractivity contribution in [2.45, 2.75) is 31.4 Å². The van der Waals surface area contributed by atoms with E-state index < -0.39 is 0 Å². The Hall–Kier alpha value is -2.43. The highest BCUT2D eigenvalue weighted by molar-refractivity contribution is 5.82. The number of hydrogen-bond acceptors (Lipinski definition) is 2. The van der Waals surface area contributed by atoms with Crippen molar-refractivity contribution in [3.05, 3.63) is 108 Å². The van der Waals surface area contributed by atoms with Crippen LogP contribution >= 0.6 is 0 Å². The molecule has 1 aliphatic heterocycles. The molecule has 0 atom stereocenters. The topological polar surface area (TPSA) is 26.3 Å². The lowest BCUT2D eigenvalue weighted by Gasteiger charge is -2.40. The van der Waals surface area contributed by atoms with Crippen LogP contribution in [0.3, 0.4) is 0 Å². The van der Waals surface area contributed by atoms with Gasteiger partial charge in [-0.2, -0.15) is 0 Å². The van der Waals surface area contributed by atoms with Crippen molar-refractivity contribution >= 4 is 5.97 Å². The number of ether oxygens (including phenoxy) is 1. The molecule has 0 saturated carbocycles. The Kier molecular flexibility index (Phi) is 8.05. The fourth-order valence-electron chi connectivity index (χ4n) is 4.46. The molecule has 0 unspecified atom stereocenters. The summed E-state index contributed by atoms with van der Waals surface area (Å²) in [5.41, 5.74) is 3.33. The predicted octanol–water partition coefficient (Wildman–Crippen LogP) is 2.17. The molecule has 0 amide bonds. The van der Waals surface area contributed by atoms with Crippen molar-refractivity contribution in [3.63, 3.8) is 0 Å². The number of hydrogen-bond donors (Lipinski definition) is 0. The van der Waals surface area contributed by atoms with E-state index in [1.165, 1.54) is 5.56 Å². The van der Waals surface area contributed by atoms with Gasteiger partial charge in [-0.1, -0.05) is 91.0 Å². The van der Waals surface area contributed by atoms with Crippen LogP contribution in [0.15, 0.2) is 91.0 Å². The summed E-state index contributed by atoms with van der Waals surface area (Å²) in [5, 5.41) is 0. The van der Waals surface area contributed by atoms with Gasteiger partial charge >= 0.3 is 5.97 Å². The molecule has 1 saturated heterocycles. The smallest absolute Gasteiger partial charge is 0.318 e. The minimum Gasteiger partial charge on any atom is -1.00 e. The lowest BCUT2D eigenvalue weighted by Crippen LogP contribution is -3.00. The fourth-order valence-corrected chi connectivity index (χ4v) is 4.46. The molecular formula is C27H30BrNO2. The van der Waals surface area contributed by atoms with E-state index in [1.54, 1.807) is 0 Å². The van der Waals surface area contributed by atoms with E-state index in [0.717, 1.165) is 48.1 Å². The van der Waals surface area contributed by atoms with Crippen molar-refractivity contribution in [2.75, 3.05) is 20.1 Å². The quantitative estimate of drug-likeness (QED) is 0.400. The fraction of sp³-hybridized carbons (Fsp3) is 0.296. The Labute approximate surface area is 196 Å². The molecule has 1 fully saturated rings. The van der Waals surface area contributed by atoms with E-state index in [2.05, 4.69) is 37.4 Å². The number of nitrogens with zero attached hydrogens (tertiary/aromatic N) is 1. The second-order valence-corrected chi connectivity index (χ2v) is 8.60. The minimum absolute atomic E-state index is 0. The van der Waals surface area contributed by atoms with Gasteiger partial charge in [0.25, 0.3) is 0 Å². The van der Waals surface area contributed by atoms with Gasteiger partial charge in [0.05, 0.1) is 20.1 Å². The highest BCUT2D eigenvalue weighted by atomic mass is 79.9. The maximum atomic E-state index is 13.2. The second kappa shape index (κ2) is 10.7. The highest BCUT2D eigenvalue weighted by Gasteiger charge is 2.34. The standard InChI is InChI=1S/C27H30NO2.BrH/c1-28(21-22-11-5-2-6-12-22)19-17-25(18-20-28)30-27(29)26(23-13-7-3-8-14-23)24-15-9-4-10-16-24;/h2-16,25-26H,17-21H2,1H3;1H/q+1;/p-1. The first-order valence-corrected chi connectivity index (χ1v) is 10.8. The molecule has 1 heterocycles. The third-order valence-corrected chi connectivity index (χ3v) is 6.17. The summed E-state index contributed by atoms with van der Waals surface area (Å²) >= 11 is 0. The van der Waals surface area contributed by atoms with E-state index in [0.29, 0.717) is 0 Å². The molecule has 1 aliphatic rings. The molecule has 0 spiro atoms. The molecule has 0 radical (unpaired) electrons. The normalized spacial score (nSPS) is 20.6. The maximum Gasteiger partial charge on any atom is 0.318 e. The summed E-state index contributed by atoms with van der Waals surface area (Å²) in [6.07, 6.45) is 1.81. The number of quaternary nitrogens is 1. The number of carbonyl (C=O) groups excluding carboxylic acids is 1. The summed E-state index contributed by atoms with van der Waals surface area (Å²) in [6.45, 7) is 3.07. The van der Waals surface area contributed by atoms with E-state index in [9.17, 15) is 4.79 Å². The Bertz CT molecular complexity index is 899. The molecule has 0 bridgehead atoms. The first-order valence-electron chi connectivity index (χ1n) is 10.8. The van der Waals surface area contributed by atoms with Gasteiger partial charge in [-0.15, -0.1) is 0 Å². The van der Waals surface area contributed by atoms with Crippen molar-refractivity contribution in [2.24, 2.45) is 0 Å². The number of likely N-dealkylation sites (tertiary alicyclic amines) is 1. The van der Waals surface area contributed by atoms with Crippen molar-refractivity contribution in [1.29, 1.82) is 0 Å². The van der Waals surface area contributed by atoms with Crippen LogP contribution in [-0.4, -0.2) is 36.7 Å². The van der Waals surface area contributed by atoms with Crippen LogP contribution in [0.25, 0.3) is 0 Å². The van der Waals surface area contributed by atoms with Gasteiger partial charge in [-0.3, -0.25) is 4.79 Å². The van der Waals surface area contributed by atoms with Gasteiger partial charge < -0.3 is 26.2 Å². The SMILES string of the molecule is C[N+]1(Cc2ccccc2)CCC(OC(=O)C(c2ccccc2)c2ccccc2)CC1.[Br-]. The van der Waals surface area contributed by atoms with Crippen molar-refractivity contribution < 1.29 is 31.0 Å². The largest absolute Gasteiger partial charge is 1.00 e. The summed E-state index contributed by atoms with van der Waals surface area (Å²) in [4.78, 5) is 13.2. The van der Waals surface area contributed by atoms with Gasteiger partial charge in [0, 0.05) is 18.4 Å². The molecular weight excluding hydrogens is 450 g/mol. The zero-order valence-electron chi connectivity index (χ0n) is 18.0. The van der Waals surface area contributed by atoms with Crippen LogP contribution in [0.5, 0.6) is 0 Å². The molecule has 0 aromatic heterocycles. The average molecular weight is 480 g/mol. The summed E-state index contributed by atoms with van der Waals surface area (Å²) < 4.78 is 7.06. The lowest BCUT2D eigenvalue weighted by atomic mass is 9.91. The van der Waals surface area contributed by atoms with E-state index in [1.807, 2.05) is 60.7 Å². The Morgan fingerprint density at radius 2 is 1.29 bits per heavy atom. The second-order valence-electron chi connectivity index (χ2n) is 8.60. The maximum absolute atomic E-state index is 13.2. The highest BCUT2D eigenvalue weighted by Crippen LogP contribution is 2.29. The molecule has 0 N–H and O–H groups in total. The molecule has 3 aromatic carbocycles. The predicted molar refractivity (Wildman–Crippen MR) is 120 cm³/mol. The molecule has 162 valence electrons. The van der Waals surface area contributed by atoms with E-state index >= 15 is 0 Å². The average Bonchev–Trinajstić information content (AvgIpc) is 2.78. The monoisotopic (exact) mass is 479 g/mol.